The summed E-state index contributed by atoms with van der Waals surface area (Å²) in [7, 11) is 0. The van der Waals surface area contributed by atoms with Gasteiger partial charge in [0.2, 0.25) is 0 Å². The summed E-state index contributed by atoms with van der Waals surface area (Å²) in [5.41, 5.74) is -0.552. The van der Waals surface area contributed by atoms with E-state index in [-0.39, 0.29) is 35.9 Å². The first kappa shape index (κ1) is 19.8. The van der Waals surface area contributed by atoms with Gasteiger partial charge in [0.05, 0.1) is 12.3 Å². The zero-order valence-electron chi connectivity index (χ0n) is 13.7. The van der Waals surface area contributed by atoms with E-state index in [9.17, 15) is 23.2 Å². The molecule has 138 valence electrons. The van der Waals surface area contributed by atoms with E-state index < -0.39 is 18.1 Å². The van der Waals surface area contributed by atoms with E-state index in [4.69, 9.17) is 4.74 Å². The van der Waals surface area contributed by atoms with Crippen LogP contribution in [0.3, 0.4) is 0 Å². The predicted molar refractivity (Wildman–Crippen MR) is 88.0 cm³/mol. The fraction of sp³-hybridized carbons (Fsp3) is 0.312. The molecule has 1 heterocycles. The number of ether oxygens (including phenoxy) is 2. The maximum absolute atomic E-state index is 12.8. The summed E-state index contributed by atoms with van der Waals surface area (Å²) in [5.74, 6) is -1.14. The van der Waals surface area contributed by atoms with Crippen molar-refractivity contribution in [2.45, 2.75) is 26.6 Å². The van der Waals surface area contributed by atoms with Crippen LogP contribution in [-0.2, 0) is 11.2 Å². The highest BCUT2D eigenvalue weighted by Crippen LogP contribution is 2.34. The van der Waals surface area contributed by atoms with Gasteiger partial charge >= 0.3 is 12.3 Å². The number of aromatic nitrogens is 2. The highest BCUT2D eigenvalue weighted by Gasteiger charge is 2.33. The van der Waals surface area contributed by atoms with Crippen molar-refractivity contribution in [3.63, 3.8) is 0 Å². The normalized spacial score (nSPS) is 11.1. The number of carbonyl (C=O) groups excluding carboxylic acids is 1. The molecule has 0 atom stereocenters. The molecule has 0 bridgehead atoms. The number of imidazole rings is 1. The van der Waals surface area contributed by atoms with Crippen molar-refractivity contribution in [1.82, 2.24) is 9.55 Å². The lowest BCUT2D eigenvalue weighted by atomic mass is 10.2. The molecule has 1 aromatic heterocycles. The van der Waals surface area contributed by atoms with Crippen LogP contribution in [0.25, 0.3) is 5.69 Å². The largest absolute Gasteiger partial charge is 0.573 e. The lowest BCUT2D eigenvalue weighted by Gasteiger charge is -2.16. The molecule has 0 aliphatic rings. The monoisotopic (exact) mass is 431 g/mol. The Morgan fingerprint density at radius 2 is 2.08 bits per heavy atom. The molecular weight excluding hydrogens is 419 g/mol. The maximum Gasteiger partial charge on any atom is 0.573 e. The van der Waals surface area contributed by atoms with Crippen LogP contribution < -0.4 is 4.74 Å². The quantitative estimate of drug-likeness (QED) is 0.664. The van der Waals surface area contributed by atoms with Crippen LogP contribution in [0.1, 0.15) is 35.9 Å². The molecule has 0 saturated carbocycles. The molecule has 10 heteroatoms. The molecule has 26 heavy (non-hydrogen) atoms. The van der Waals surface area contributed by atoms with Crippen molar-refractivity contribution in [2.75, 3.05) is 6.61 Å². The average molecular weight is 432 g/mol. The lowest BCUT2D eigenvalue weighted by molar-refractivity contribution is -0.274. The van der Waals surface area contributed by atoms with Crippen molar-refractivity contribution in [3.05, 3.63) is 39.9 Å². The molecule has 0 radical (unpaired) electrons. The van der Waals surface area contributed by atoms with Crippen LogP contribution in [0.2, 0.25) is 0 Å². The Balaban J connectivity index is 2.72. The van der Waals surface area contributed by atoms with Crippen LogP contribution in [0, 0.1) is 11.3 Å². The number of carbonyl (C=O) groups is 1. The van der Waals surface area contributed by atoms with Gasteiger partial charge in [0.15, 0.2) is 17.1 Å². The van der Waals surface area contributed by atoms with Crippen LogP contribution in [0.4, 0.5) is 13.2 Å². The van der Waals surface area contributed by atoms with Crippen molar-refractivity contribution >= 4 is 21.9 Å². The standard InChI is InChI=1S/C16H13BrF3N3O3/c1-3-13-22-14(15(24)25-4-2)11(8-21)23(13)10-6-5-9(17)7-12(10)26-16(18,19)20/h5-7H,3-4H2,1-2H3. The topological polar surface area (TPSA) is 77.1 Å². The SMILES string of the molecule is CCOC(=O)c1nc(CC)n(-c2ccc(Br)cc2OC(F)(F)F)c1C#N. The van der Waals surface area contributed by atoms with E-state index >= 15 is 0 Å². The number of nitriles is 1. The van der Waals surface area contributed by atoms with Crippen LogP contribution in [-0.4, -0.2) is 28.5 Å². The third-order valence-electron chi connectivity index (χ3n) is 3.23. The first-order chi connectivity index (χ1) is 12.2. The number of aryl methyl sites for hydroxylation is 1. The number of halogens is 4. The Hall–Kier alpha value is -2.54. The second-order valence-corrected chi connectivity index (χ2v) is 5.82. The Kier molecular flexibility index (Phi) is 5.92. The first-order valence-electron chi connectivity index (χ1n) is 7.46. The number of rotatable bonds is 5. The van der Waals surface area contributed by atoms with Crippen LogP contribution in [0.15, 0.2) is 22.7 Å². The molecule has 2 aromatic rings. The zero-order valence-corrected chi connectivity index (χ0v) is 15.3. The molecule has 0 amide bonds. The van der Waals surface area contributed by atoms with Gasteiger partial charge in [0.1, 0.15) is 11.9 Å². The van der Waals surface area contributed by atoms with Gasteiger partial charge in [0, 0.05) is 10.9 Å². The molecule has 0 fully saturated rings. The summed E-state index contributed by atoms with van der Waals surface area (Å²) in [6, 6.07) is 5.76. The fourth-order valence-electron chi connectivity index (χ4n) is 2.29. The van der Waals surface area contributed by atoms with Gasteiger partial charge in [-0.15, -0.1) is 13.2 Å². The summed E-state index contributed by atoms with van der Waals surface area (Å²) in [6.45, 7) is 3.35. The second kappa shape index (κ2) is 7.78. The van der Waals surface area contributed by atoms with E-state index in [1.807, 2.05) is 6.07 Å². The van der Waals surface area contributed by atoms with E-state index in [1.165, 1.54) is 16.7 Å². The van der Waals surface area contributed by atoms with E-state index in [0.717, 1.165) is 6.07 Å². The van der Waals surface area contributed by atoms with Crippen molar-refractivity contribution in [3.8, 4) is 17.5 Å². The lowest BCUT2D eigenvalue weighted by Crippen LogP contribution is -2.19. The molecule has 0 spiro atoms. The average Bonchev–Trinajstić information content (AvgIpc) is 2.92. The molecule has 6 nitrogen and oxygen atoms in total. The zero-order chi connectivity index (χ0) is 19.5. The molecule has 0 unspecified atom stereocenters. The van der Waals surface area contributed by atoms with Gasteiger partial charge in [-0.25, -0.2) is 9.78 Å². The summed E-state index contributed by atoms with van der Waals surface area (Å²) >= 11 is 3.09. The number of hydrogen-bond donors (Lipinski definition) is 0. The minimum atomic E-state index is -4.93. The number of hydrogen-bond acceptors (Lipinski definition) is 5. The van der Waals surface area contributed by atoms with Crippen LogP contribution >= 0.6 is 15.9 Å². The Morgan fingerprint density at radius 3 is 2.62 bits per heavy atom. The minimum absolute atomic E-state index is 0.0676. The number of alkyl halides is 3. The highest BCUT2D eigenvalue weighted by molar-refractivity contribution is 9.10. The molecule has 2 rings (SSSR count). The second-order valence-electron chi connectivity index (χ2n) is 4.91. The van der Waals surface area contributed by atoms with Gasteiger partial charge in [0.25, 0.3) is 0 Å². The summed E-state index contributed by atoms with van der Waals surface area (Å²) in [4.78, 5) is 16.1. The van der Waals surface area contributed by atoms with E-state index in [0.29, 0.717) is 4.47 Å². The van der Waals surface area contributed by atoms with Crippen molar-refractivity contribution < 1.29 is 27.4 Å². The molecule has 0 N–H and O–H groups in total. The van der Waals surface area contributed by atoms with Gasteiger partial charge in [-0.3, -0.25) is 4.57 Å². The minimum Gasteiger partial charge on any atom is -0.461 e. The summed E-state index contributed by atoms with van der Waals surface area (Å²) in [6.07, 6.45) is -4.67. The summed E-state index contributed by atoms with van der Waals surface area (Å²) < 4.78 is 48.8. The number of esters is 1. The molecule has 0 saturated heterocycles. The highest BCUT2D eigenvalue weighted by atomic mass is 79.9. The smallest absolute Gasteiger partial charge is 0.461 e. The van der Waals surface area contributed by atoms with Gasteiger partial charge in [-0.2, -0.15) is 5.26 Å². The van der Waals surface area contributed by atoms with Crippen molar-refractivity contribution in [2.24, 2.45) is 0 Å². The van der Waals surface area contributed by atoms with Crippen molar-refractivity contribution in [1.29, 1.82) is 5.26 Å². The molecule has 1 aromatic carbocycles. The Bertz CT molecular complexity index is 872. The van der Waals surface area contributed by atoms with E-state index in [1.54, 1.807) is 13.8 Å². The third kappa shape index (κ3) is 4.16. The maximum atomic E-state index is 12.8. The Labute approximate surface area is 155 Å². The molecule has 0 aliphatic carbocycles. The molecular formula is C16H13BrF3N3O3. The fourth-order valence-corrected chi connectivity index (χ4v) is 2.63. The first-order valence-corrected chi connectivity index (χ1v) is 8.25. The number of nitrogens with zero attached hydrogens (tertiary/aromatic N) is 3. The van der Waals surface area contributed by atoms with Gasteiger partial charge < -0.3 is 9.47 Å². The Morgan fingerprint density at radius 1 is 1.38 bits per heavy atom. The molecule has 0 aliphatic heterocycles. The third-order valence-corrected chi connectivity index (χ3v) is 3.72. The van der Waals surface area contributed by atoms with Gasteiger partial charge in [-0.05, 0) is 25.1 Å². The van der Waals surface area contributed by atoms with E-state index in [2.05, 4.69) is 25.7 Å². The predicted octanol–water partition coefficient (Wildman–Crippen LogP) is 4.14. The van der Waals surface area contributed by atoms with Crippen LogP contribution in [0.5, 0.6) is 5.75 Å². The number of benzene rings is 1. The summed E-state index contributed by atoms with van der Waals surface area (Å²) in [5, 5.41) is 9.47. The van der Waals surface area contributed by atoms with Gasteiger partial charge in [-0.1, -0.05) is 22.9 Å².